The molecule has 2 fully saturated rings. The van der Waals surface area contributed by atoms with Crippen molar-refractivity contribution in [3.63, 3.8) is 0 Å². The van der Waals surface area contributed by atoms with E-state index in [2.05, 4.69) is 11.9 Å². The molecule has 0 radical (unpaired) electrons. The molecule has 1 heteroatoms. The van der Waals surface area contributed by atoms with Crippen molar-refractivity contribution >= 4 is 0 Å². The van der Waals surface area contributed by atoms with Crippen molar-refractivity contribution in [1.82, 2.24) is 4.90 Å². The van der Waals surface area contributed by atoms with Gasteiger partial charge in [0.05, 0.1) is 0 Å². The smallest absolute Gasteiger partial charge is 0.0120 e. The highest BCUT2D eigenvalue weighted by molar-refractivity contribution is 4.82. The summed E-state index contributed by atoms with van der Waals surface area (Å²) in [4.78, 5) is 2.66. The Balaban J connectivity index is 1.90. The van der Waals surface area contributed by atoms with Crippen molar-refractivity contribution in [2.45, 2.75) is 63.8 Å². The van der Waals surface area contributed by atoms with Gasteiger partial charge in [-0.05, 0) is 45.2 Å². The third-order valence-electron chi connectivity index (χ3n) is 4.27. The summed E-state index contributed by atoms with van der Waals surface area (Å²) in [6.45, 7) is 1.35. The topological polar surface area (TPSA) is 3.24 Å². The van der Waals surface area contributed by atoms with Gasteiger partial charge in [0.2, 0.25) is 0 Å². The zero-order chi connectivity index (χ0) is 9.80. The van der Waals surface area contributed by atoms with Crippen LogP contribution >= 0.6 is 0 Å². The Morgan fingerprint density at radius 1 is 0.786 bits per heavy atom. The molecular formula is C13H25N. The van der Waals surface area contributed by atoms with Gasteiger partial charge in [-0.15, -0.1) is 0 Å². The standard InChI is InChI=1S/C13H25N/c1-14-11-7-3-2-4-10-13(14)12-8-5-6-9-12/h12-13H,2-11H2,1H3. The van der Waals surface area contributed by atoms with E-state index in [1.165, 1.54) is 64.3 Å². The molecule has 1 saturated carbocycles. The Kier molecular flexibility index (Phi) is 3.86. The molecular weight excluding hydrogens is 170 g/mol. The fourth-order valence-corrected chi connectivity index (χ4v) is 3.39. The van der Waals surface area contributed by atoms with E-state index >= 15 is 0 Å². The van der Waals surface area contributed by atoms with Crippen LogP contribution in [-0.2, 0) is 0 Å². The van der Waals surface area contributed by atoms with Crippen molar-refractivity contribution < 1.29 is 0 Å². The van der Waals surface area contributed by atoms with Crippen LogP contribution in [-0.4, -0.2) is 24.5 Å². The molecule has 1 atom stereocenters. The summed E-state index contributed by atoms with van der Waals surface area (Å²) in [5.74, 6) is 1.04. The van der Waals surface area contributed by atoms with Crippen molar-refractivity contribution in [3.8, 4) is 0 Å². The fourth-order valence-electron chi connectivity index (χ4n) is 3.39. The van der Waals surface area contributed by atoms with Gasteiger partial charge in [0.1, 0.15) is 0 Å². The lowest BCUT2D eigenvalue weighted by molar-refractivity contribution is 0.149. The first kappa shape index (κ1) is 10.5. The van der Waals surface area contributed by atoms with Crippen molar-refractivity contribution in [2.75, 3.05) is 13.6 Å². The van der Waals surface area contributed by atoms with Crippen molar-refractivity contribution in [3.05, 3.63) is 0 Å². The summed E-state index contributed by atoms with van der Waals surface area (Å²) < 4.78 is 0. The van der Waals surface area contributed by atoms with E-state index in [0.717, 1.165) is 12.0 Å². The molecule has 1 unspecified atom stereocenters. The molecule has 14 heavy (non-hydrogen) atoms. The van der Waals surface area contributed by atoms with Gasteiger partial charge in [-0.1, -0.05) is 32.1 Å². The Labute approximate surface area is 88.9 Å². The maximum absolute atomic E-state index is 2.66. The zero-order valence-corrected chi connectivity index (χ0v) is 9.67. The molecule has 1 aliphatic heterocycles. The van der Waals surface area contributed by atoms with Gasteiger partial charge >= 0.3 is 0 Å². The monoisotopic (exact) mass is 195 g/mol. The van der Waals surface area contributed by atoms with Crippen LogP contribution in [0.1, 0.15) is 57.8 Å². The molecule has 0 amide bonds. The number of hydrogen-bond donors (Lipinski definition) is 0. The molecule has 1 aliphatic carbocycles. The molecule has 0 spiro atoms. The molecule has 1 nitrogen and oxygen atoms in total. The predicted molar refractivity (Wildman–Crippen MR) is 61.5 cm³/mol. The molecule has 0 bridgehead atoms. The van der Waals surface area contributed by atoms with Crippen LogP contribution in [0.25, 0.3) is 0 Å². The summed E-state index contributed by atoms with van der Waals surface area (Å²) in [5, 5.41) is 0. The summed E-state index contributed by atoms with van der Waals surface area (Å²) in [6.07, 6.45) is 13.3. The van der Waals surface area contributed by atoms with Crippen LogP contribution in [0.3, 0.4) is 0 Å². The van der Waals surface area contributed by atoms with Crippen molar-refractivity contribution in [2.24, 2.45) is 5.92 Å². The average molecular weight is 195 g/mol. The van der Waals surface area contributed by atoms with E-state index in [0.29, 0.717) is 0 Å². The molecule has 82 valence electrons. The Bertz CT molecular complexity index is 161. The SMILES string of the molecule is CN1CCCCCCC1C1CCCC1. The van der Waals surface area contributed by atoms with Crippen LogP contribution in [0.15, 0.2) is 0 Å². The number of rotatable bonds is 1. The van der Waals surface area contributed by atoms with Gasteiger partial charge in [0.15, 0.2) is 0 Å². The molecule has 2 aliphatic rings. The second-order valence-corrected chi connectivity index (χ2v) is 5.30. The maximum Gasteiger partial charge on any atom is 0.0120 e. The van der Waals surface area contributed by atoms with Crippen LogP contribution in [0, 0.1) is 5.92 Å². The summed E-state index contributed by atoms with van der Waals surface area (Å²) >= 11 is 0. The van der Waals surface area contributed by atoms with Gasteiger partial charge in [-0.3, -0.25) is 0 Å². The number of hydrogen-bond acceptors (Lipinski definition) is 1. The second-order valence-electron chi connectivity index (χ2n) is 5.30. The first-order valence-electron chi connectivity index (χ1n) is 6.58. The molecule has 0 aromatic heterocycles. The van der Waals surface area contributed by atoms with Gasteiger partial charge in [-0.25, -0.2) is 0 Å². The van der Waals surface area contributed by atoms with Crippen LogP contribution < -0.4 is 0 Å². The highest BCUT2D eigenvalue weighted by Crippen LogP contribution is 2.33. The highest BCUT2D eigenvalue weighted by Gasteiger charge is 2.27. The maximum atomic E-state index is 2.66. The van der Waals surface area contributed by atoms with Crippen LogP contribution in [0.2, 0.25) is 0 Å². The lowest BCUT2D eigenvalue weighted by atomic mass is 9.90. The van der Waals surface area contributed by atoms with Crippen LogP contribution in [0.5, 0.6) is 0 Å². The van der Waals surface area contributed by atoms with Crippen LogP contribution in [0.4, 0.5) is 0 Å². The zero-order valence-electron chi connectivity index (χ0n) is 9.67. The number of likely N-dealkylation sites (tertiary alicyclic amines) is 1. The normalized spacial score (nSPS) is 32.8. The van der Waals surface area contributed by atoms with E-state index in [1.807, 2.05) is 0 Å². The van der Waals surface area contributed by atoms with E-state index < -0.39 is 0 Å². The Morgan fingerprint density at radius 2 is 1.43 bits per heavy atom. The Morgan fingerprint density at radius 3 is 2.21 bits per heavy atom. The molecule has 1 saturated heterocycles. The lowest BCUT2D eigenvalue weighted by Gasteiger charge is -2.34. The molecule has 2 rings (SSSR count). The minimum absolute atomic E-state index is 0.929. The van der Waals surface area contributed by atoms with E-state index in [4.69, 9.17) is 0 Å². The predicted octanol–water partition coefficient (Wildman–Crippen LogP) is 3.44. The number of nitrogens with zero attached hydrogens (tertiary/aromatic N) is 1. The first-order chi connectivity index (χ1) is 6.88. The molecule has 1 heterocycles. The Hall–Kier alpha value is -0.0400. The van der Waals surface area contributed by atoms with Gasteiger partial charge in [0, 0.05) is 6.04 Å². The third kappa shape index (κ3) is 2.50. The average Bonchev–Trinajstić information content (AvgIpc) is 2.65. The summed E-state index contributed by atoms with van der Waals surface area (Å²) in [6, 6.07) is 0.929. The quantitative estimate of drug-likeness (QED) is 0.619. The van der Waals surface area contributed by atoms with Gasteiger partial charge in [0.25, 0.3) is 0 Å². The first-order valence-corrected chi connectivity index (χ1v) is 6.58. The van der Waals surface area contributed by atoms with Crippen molar-refractivity contribution in [1.29, 1.82) is 0 Å². The summed E-state index contributed by atoms with van der Waals surface area (Å²) in [7, 11) is 2.36. The summed E-state index contributed by atoms with van der Waals surface area (Å²) in [5.41, 5.74) is 0. The molecule has 0 aromatic rings. The van der Waals surface area contributed by atoms with E-state index in [1.54, 1.807) is 0 Å². The third-order valence-corrected chi connectivity index (χ3v) is 4.27. The minimum Gasteiger partial charge on any atom is -0.303 e. The highest BCUT2D eigenvalue weighted by atomic mass is 15.1. The molecule has 0 N–H and O–H groups in total. The van der Waals surface area contributed by atoms with E-state index in [-0.39, 0.29) is 0 Å². The minimum atomic E-state index is 0.929. The second kappa shape index (κ2) is 5.16. The fraction of sp³-hybridized carbons (Fsp3) is 1.00. The van der Waals surface area contributed by atoms with E-state index in [9.17, 15) is 0 Å². The largest absolute Gasteiger partial charge is 0.303 e. The molecule has 0 aromatic carbocycles. The van der Waals surface area contributed by atoms with Gasteiger partial charge in [-0.2, -0.15) is 0 Å². The lowest BCUT2D eigenvalue weighted by Crippen LogP contribution is -2.38. The van der Waals surface area contributed by atoms with Gasteiger partial charge < -0.3 is 4.90 Å².